The Kier molecular flexibility index (Phi) is 4.07. The summed E-state index contributed by atoms with van der Waals surface area (Å²) in [6, 6.07) is 4.27. The van der Waals surface area contributed by atoms with Crippen molar-refractivity contribution in [3.05, 3.63) is 28.3 Å². The van der Waals surface area contributed by atoms with Crippen LogP contribution in [-0.2, 0) is 0 Å². The van der Waals surface area contributed by atoms with E-state index in [0.717, 1.165) is 0 Å². The van der Waals surface area contributed by atoms with E-state index in [1.165, 1.54) is 19.2 Å². The van der Waals surface area contributed by atoms with Crippen LogP contribution >= 0.6 is 0 Å². The van der Waals surface area contributed by atoms with Crippen LogP contribution in [-0.4, -0.2) is 29.9 Å². The third-order valence-corrected chi connectivity index (χ3v) is 1.84. The Morgan fingerprint density at radius 3 is 2.75 bits per heavy atom. The highest BCUT2D eigenvalue weighted by Gasteiger charge is 2.15. The van der Waals surface area contributed by atoms with E-state index in [0.29, 0.717) is 5.75 Å². The second kappa shape index (κ2) is 5.32. The molecule has 0 aliphatic carbocycles. The SMILES string of the molecule is COc1ccc(OC[C@@H](C)O)cc1[N+](=O)[O-]. The molecule has 0 amide bonds. The average molecular weight is 227 g/mol. The normalized spacial score (nSPS) is 11.9. The van der Waals surface area contributed by atoms with E-state index in [4.69, 9.17) is 14.6 Å². The molecule has 0 spiro atoms. The number of ether oxygens (including phenoxy) is 2. The number of methoxy groups -OCH3 is 1. The van der Waals surface area contributed by atoms with Crippen LogP contribution in [0.1, 0.15) is 6.92 Å². The van der Waals surface area contributed by atoms with Gasteiger partial charge in [0.1, 0.15) is 12.4 Å². The van der Waals surface area contributed by atoms with E-state index < -0.39 is 11.0 Å². The van der Waals surface area contributed by atoms with Crippen LogP contribution in [0.4, 0.5) is 5.69 Å². The zero-order valence-electron chi connectivity index (χ0n) is 9.04. The van der Waals surface area contributed by atoms with Gasteiger partial charge in [-0.25, -0.2) is 0 Å². The molecule has 0 aliphatic heterocycles. The van der Waals surface area contributed by atoms with Crippen LogP contribution in [0, 0.1) is 10.1 Å². The van der Waals surface area contributed by atoms with Crippen molar-refractivity contribution in [2.24, 2.45) is 0 Å². The van der Waals surface area contributed by atoms with Crippen molar-refractivity contribution >= 4 is 5.69 Å². The fourth-order valence-electron chi connectivity index (χ4n) is 1.12. The summed E-state index contributed by atoms with van der Waals surface area (Å²) in [5.74, 6) is 0.503. The smallest absolute Gasteiger partial charge is 0.314 e. The zero-order chi connectivity index (χ0) is 12.1. The molecule has 16 heavy (non-hydrogen) atoms. The van der Waals surface area contributed by atoms with Gasteiger partial charge in [0.05, 0.1) is 24.2 Å². The number of rotatable bonds is 5. The molecular formula is C10H13NO5. The van der Waals surface area contributed by atoms with Crippen molar-refractivity contribution in [3.8, 4) is 11.5 Å². The second-order valence-corrected chi connectivity index (χ2v) is 3.25. The van der Waals surface area contributed by atoms with Gasteiger partial charge in [-0.2, -0.15) is 0 Å². The standard InChI is InChI=1S/C10H13NO5/c1-7(12)6-16-8-3-4-10(15-2)9(5-8)11(13)14/h3-5,7,12H,6H2,1-2H3/t7-/m1/s1. The summed E-state index contributed by atoms with van der Waals surface area (Å²) < 4.78 is 9.99. The summed E-state index contributed by atoms with van der Waals surface area (Å²) in [5, 5.41) is 19.7. The topological polar surface area (TPSA) is 81.8 Å². The quantitative estimate of drug-likeness (QED) is 0.606. The summed E-state index contributed by atoms with van der Waals surface area (Å²) in [6.07, 6.45) is -0.624. The van der Waals surface area contributed by atoms with Crippen LogP contribution in [0.25, 0.3) is 0 Å². The van der Waals surface area contributed by atoms with Crippen LogP contribution < -0.4 is 9.47 Å². The van der Waals surface area contributed by atoms with Gasteiger partial charge in [0.25, 0.3) is 0 Å². The molecule has 1 aromatic carbocycles. The molecular weight excluding hydrogens is 214 g/mol. The van der Waals surface area contributed by atoms with Crippen molar-refractivity contribution in [2.75, 3.05) is 13.7 Å². The van der Waals surface area contributed by atoms with Crippen molar-refractivity contribution in [1.82, 2.24) is 0 Å². The van der Waals surface area contributed by atoms with Crippen LogP contribution in [0.3, 0.4) is 0 Å². The first-order valence-corrected chi connectivity index (χ1v) is 4.68. The van der Waals surface area contributed by atoms with Gasteiger partial charge >= 0.3 is 5.69 Å². The molecule has 0 bridgehead atoms. The minimum Gasteiger partial charge on any atom is -0.491 e. The van der Waals surface area contributed by atoms with E-state index >= 15 is 0 Å². The maximum absolute atomic E-state index is 10.7. The summed E-state index contributed by atoms with van der Waals surface area (Å²) in [6.45, 7) is 1.65. The lowest BCUT2D eigenvalue weighted by Crippen LogP contribution is -2.12. The lowest BCUT2D eigenvalue weighted by Gasteiger charge is -2.08. The molecule has 0 saturated heterocycles. The Morgan fingerprint density at radius 2 is 2.25 bits per heavy atom. The summed E-state index contributed by atoms with van der Waals surface area (Å²) in [4.78, 5) is 10.1. The van der Waals surface area contributed by atoms with Crippen molar-refractivity contribution in [3.63, 3.8) is 0 Å². The molecule has 0 radical (unpaired) electrons. The first-order valence-electron chi connectivity index (χ1n) is 4.68. The van der Waals surface area contributed by atoms with E-state index in [9.17, 15) is 10.1 Å². The van der Waals surface area contributed by atoms with Gasteiger partial charge in [-0.1, -0.05) is 0 Å². The molecule has 88 valence electrons. The fourth-order valence-corrected chi connectivity index (χ4v) is 1.12. The molecule has 6 nitrogen and oxygen atoms in total. The Hall–Kier alpha value is -1.82. The van der Waals surface area contributed by atoms with Crippen molar-refractivity contribution in [2.45, 2.75) is 13.0 Å². The van der Waals surface area contributed by atoms with E-state index in [2.05, 4.69) is 0 Å². The van der Waals surface area contributed by atoms with Crippen LogP contribution in [0.5, 0.6) is 11.5 Å². The molecule has 0 aromatic heterocycles. The first-order chi connectivity index (χ1) is 7.54. The molecule has 6 heteroatoms. The van der Waals surface area contributed by atoms with E-state index in [1.54, 1.807) is 13.0 Å². The van der Waals surface area contributed by atoms with Crippen molar-refractivity contribution < 1.29 is 19.5 Å². The Labute approximate surface area is 92.6 Å². The largest absolute Gasteiger partial charge is 0.491 e. The highest BCUT2D eigenvalue weighted by atomic mass is 16.6. The van der Waals surface area contributed by atoms with E-state index in [1.807, 2.05) is 0 Å². The predicted octanol–water partition coefficient (Wildman–Crippen LogP) is 1.36. The molecule has 0 aliphatic rings. The maximum atomic E-state index is 10.7. The fraction of sp³-hybridized carbons (Fsp3) is 0.400. The number of hydrogen-bond acceptors (Lipinski definition) is 5. The van der Waals surface area contributed by atoms with Gasteiger partial charge in [0.15, 0.2) is 5.75 Å². The monoisotopic (exact) mass is 227 g/mol. The Bertz CT molecular complexity index is 377. The van der Waals surface area contributed by atoms with Gasteiger partial charge in [0, 0.05) is 0 Å². The molecule has 0 fully saturated rings. The highest BCUT2D eigenvalue weighted by molar-refractivity contribution is 5.50. The number of nitrogens with zero attached hydrogens (tertiary/aromatic N) is 1. The number of aliphatic hydroxyl groups excluding tert-OH is 1. The number of benzene rings is 1. The van der Waals surface area contributed by atoms with Crippen LogP contribution in [0.15, 0.2) is 18.2 Å². The number of hydrogen-bond donors (Lipinski definition) is 1. The second-order valence-electron chi connectivity index (χ2n) is 3.25. The minimum absolute atomic E-state index is 0.0868. The average Bonchev–Trinajstić information content (AvgIpc) is 2.25. The summed E-state index contributed by atoms with van der Waals surface area (Å²) in [5.41, 5.74) is -0.161. The number of aliphatic hydroxyl groups is 1. The van der Waals surface area contributed by atoms with Gasteiger partial charge in [-0.15, -0.1) is 0 Å². The molecule has 0 heterocycles. The Morgan fingerprint density at radius 1 is 1.56 bits per heavy atom. The third kappa shape index (κ3) is 3.09. The summed E-state index contributed by atoms with van der Waals surface area (Å²) >= 11 is 0. The van der Waals surface area contributed by atoms with Gasteiger partial charge in [-0.05, 0) is 19.1 Å². The Balaban J connectivity index is 2.89. The minimum atomic E-state index is -0.624. The first kappa shape index (κ1) is 12.3. The third-order valence-electron chi connectivity index (χ3n) is 1.84. The van der Waals surface area contributed by atoms with Crippen molar-refractivity contribution in [1.29, 1.82) is 0 Å². The lowest BCUT2D eigenvalue weighted by atomic mass is 10.3. The predicted molar refractivity (Wildman–Crippen MR) is 56.8 cm³/mol. The van der Waals surface area contributed by atoms with Gasteiger partial charge in [-0.3, -0.25) is 10.1 Å². The molecule has 0 unspecified atom stereocenters. The number of nitro groups is 1. The molecule has 0 saturated carbocycles. The molecule has 1 N–H and O–H groups in total. The lowest BCUT2D eigenvalue weighted by molar-refractivity contribution is -0.385. The number of nitro benzene ring substituents is 1. The zero-order valence-corrected chi connectivity index (χ0v) is 9.04. The van der Waals surface area contributed by atoms with Crippen LogP contribution in [0.2, 0.25) is 0 Å². The molecule has 1 atom stereocenters. The highest BCUT2D eigenvalue weighted by Crippen LogP contribution is 2.30. The molecule has 1 aromatic rings. The van der Waals surface area contributed by atoms with Gasteiger partial charge < -0.3 is 14.6 Å². The summed E-state index contributed by atoms with van der Waals surface area (Å²) in [7, 11) is 1.36. The van der Waals surface area contributed by atoms with E-state index in [-0.39, 0.29) is 18.0 Å². The van der Waals surface area contributed by atoms with Gasteiger partial charge in [0.2, 0.25) is 0 Å². The molecule has 1 rings (SSSR count). The maximum Gasteiger partial charge on any atom is 0.314 e.